The second kappa shape index (κ2) is 5.72. The van der Waals surface area contributed by atoms with Crippen molar-refractivity contribution in [1.29, 1.82) is 0 Å². The first-order chi connectivity index (χ1) is 9.83. The van der Waals surface area contributed by atoms with Gasteiger partial charge in [-0.3, -0.25) is 4.98 Å². The molecule has 0 aliphatic carbocycles. The molecule has 0 radical (unpaired) electrons. The maximum absolute atomic E-state index is 10.2. The van der Waals surface area contributed by atoms with Crippen molar-refractivity contribution in [2.24, 2.45) is 0 Å². The Balaban J connectivity index is 1.73. The molecule has 1 heterocycles. The average Bonchev–Trinajstić information content (AvgIpc) is 2.53. The van der Waals surface area contributed by atoms with Crippen LogP contribution in [-0.4, -0.2) is 16.7 Å². The molecular formula is C17H15NO2. The third-order valence-electron chi connectivity index (χ3n) is 3.16. The molecule has 100 valence electrons. The van der Waals surface area contributed by atoms with Crippen molar-refractivity contribution in [2.45, 2.75) is 6.10 Å². The fourth-order valence-corrected chi connectivity index (χ4v) is 2.09. The van der Waals surface area contributed by atoms with Crippen molar-refractivity contribution in [3.05, 3.63) is 72.4 Å². The van der Waals surface area contributed by atoms with Crippen LogP contribution in [0.1, 0.15) is 11.7 Å². The smallest absolute Gasteiger partial charge is 0.119 e. The van der Waals surface area contributed by atoms with Crippen LogP contribution in [0.4, 0.5) is 0 Å². The molecule has 0 amide bonds. The van der Waals surface area contributed by atoms with Crippen LogP contribution in [0.15, 0.2) is 66.9 Å². The molecule has 0 spiro atoms. The van der Waals surface area contributed by atoms with Crippen LogP contribution < -0.4 is 4.74 Å². The predicted octanol–water partition coefficient (Wildman–Crippen LogP) is 3.35. The summed E-state index contributed by atoms with van der Waals surface area (Å²) < 4.78 is 5.57. The van der Waals surface area contributed by atoms with Gasteiger partial charge in [0, 0.05) is 11.6 Å². The Hall–Kier alpha value is -2.39. The van der Waals surface area contributed by atoms with Gasteiger partial charge in [-0.15, -0.1) is 0 Å². The van der Waals surface area contributed by atoms with Gasteiger partial charge in [0.2, 0.25) is 0 Å². The van der Waals surface area contributed by atoms with E-state index in [-0.39, 0.29) is 6.61 Å². The lowest BCUT2D eigenvalue weighted by Gasteiger charge is -2.13. The molecule has 3 rings (SSSR count). The average molecular weight is 265 g/mol. The van der Waals surface area contributed by atoms with Crippen molar-refractivity contribution >= 4 is 10.9 Å². The molecule has 1 N–H and O–H groups in total. The highest BCUT2D eigenvalue weighted by Gasteiger charge is 2.09. The van der Waals surface area contributed by atoms with Crippen LogP contribution in [0.5, 0.6) is 5.75 Å². The zero-order valence-corrected chi connectivity index (χ0v) is 10.9. The molecule has 1 aromatic heterocycles. The Morgan fingerprint density at radius 1 is 1.00 bits per heavy atom. The molecular weight excluding hydrogens is 250 g/mol. The number of nitrogens with zero attached hydrogens (tertiary/aromatic N) is 1. The van der Waals surface area contributed by atoms with Gasteiger partial charge in [0.15, 0.2) is 0 Å². The second-order valence-corrected chi connectivity index (χ2v) is 4.60. The molecule has 1 unspecified atom stereocenters. The van der Waals surface area contributed by atoms with E-state index in [0.717, 1.165) is 22.2 Å². The zero-order valence-electron chi connectivity index (χ0n) is 10.9. The number of pyridine rings is 1. The Labute approximate surface area is 117 Å². The third kappa shape index (κ3) is 2.78. The summed E-state index contributed by atoms with van der Waals surface area (Å²) in [5.41, 5.74) is 1.76. The van der Waals surface area contributed by atoms with Crippen molar-refractivity contribution in [1.82, 2.24) is 4.98 Å². The van der Waals surface area contributed by atoms with Crippen LogP contribution >= 0.6 is 0 Å². The Bertz CT molecular complexity index is 697. The van der Waals surface area contributed by atoms with E-state index < -0.39 is 6.10 Å². The van der Waals surface area contributed by atoms with Gasteiger partial charge in [-0.25, -0.2) is 0 Å². The van der Waals surface area contributed by atoms with Crippen LogP contribution in [-0.2, 0) is 0 Å². The molecule has 0 aliphatic rings. The molecule has 2 aromatic carbocycles. The zero-order chi connectivity index (χ0) is 13.8. The first-order valence-corrected chi connectivity index (χ1v) is 6.53. The molecule has 0 bridgehead atoms. The second-order valence-electron chi connectivity index (χ2n) is 4.60. The van der Waals surface area contributed by atoms with Gasteiger partial charge in [0.25, 0.3) is 0 Å². The maximum Gasteiger partial charge on any atom is 0.119 e. The summed E-state index contributed by atoms with van der Waals surface area (Å²) in [7, 11) is 0. The molecule has 0 fully saturated rings. The number of aliphatic hydroxyl groups is 1. The topological polar surface area (TPSA) is 42.4 Å². The molecule has 0 saturated heterocycles. The number of hydrogen-bond donors (Lipinski definition) is 1. The molecule has 20 heavy (non-hydrogen) atoms. The Morgan fingerprint density at radius 3 is 2.70 bits per heavy atom. The number of fused-ring (bicyclic) bond motifs is 1. The summed E-state index contributed by atoms with van der Waals surface area (Å²) in [6.07, 6.45) is 1.11. The highest BCUT2D eigenvalue weighted by atomic mass is 16.5. The highest BCUT2D eigenvalue weighted by molar-refractivity contribution is 5.79. The van der Waals surface area contributed by atoms with Crippen LogP contribution in [0.25, 0.3) is 10.9 Å². The van der Waals surface area contributed by atoms with Gasteiger partial charge in [-0.2, -0.15) is 0 Å². The standard InChI is InChI=1S/C17H15NO2/c19-17(12-20-15-6-2-1-3-7-15)14-8-9-16-13(11-14)5-4-10-18-16/h1-11,17,19H,12H2. The first-order valence-electron chi connectivity index (χ1n) is 6.53. The number of aromatic nitrogens is 1. The quantitative estimate of drug-likeness (QED) is 0.786. The summed E-state index contributed by atoms with van der Waals surface area (Å²) >= 11 is 0. The van der Waals surface area contributed by atoms with Crippen LogP contribution in [0.3, 0.4) is 0 Å². The summed E-state index contributed by atoms with van der Waals surface area (Å²) in [6.45, 7) is 0.232. The van der Waals surface area contributed by atoms with Gasteiger partial charge in [0.05, 0.1) is 5.52 Å². The van der Waals surface area contributed by atoms with E-state index in [0.29, 0.717) is 0 Å². The van der Waals surface area contributed by atoms with Crippen molar-refractivity contribution in [3.8, 4) is 5.75 Å². The molecule has 3 aromatic rings. The first kappa shape index (κ1) is 12.6. The fraction of sp³-hybridized carbons (Fsp3) is 0.118. The number of para-hydroxylation sites is 1. The summed E-state index contributed by atoms with van der Waals surface area (Å²) in [4.78, 5) is 4.26. The van der Waals surface area contributed by atoms with Crippen molar-refractivity contribution in [2.75, 3.05) is 6.61 Å². The minimum Gasteiger partial charge on any atom is -0.491 e. The SMILES string of the molecule is OC(COc1ccccc1)c1ccc2ncccc2c1. The lowest BCUT2D eigenvalue weighted by atomic mass is 10.1. The lowest BCUT2D eigenvalue weighted by molar-refractivity contribution is 0.108. The molecule has 1 atom stereocenters. The number of hydrogen-bond acceptors (Lipinski definition) is 3. The van der Waals surface area contributed by atoms with E-state index in [1.165, 1.54) is 0 Å². The van der Waals surface area contributed by atoms with Crippen LogP contribution in [0.2, 0.25) is 0 Å². The number of aliphatic hydroxyl groups excluding tert-OH is 1. The summed E-state index contributed by atoms with van der Waals surface area (Å²) in [5.74, 6) is 0.758. The monoisotopic (exact) mass is 265 g/mol. The largest absolute Gasteiger partial charge is 0.491 e. The molecule has 3 nitrogen and oxygen atoms in total. The number of ether oxygens (including phenoxy) is 1. The molecule has 0 saturated carbocycles. The van der Waals surface area contributed by atoms with E-state index in [1.54, 1.807) is 6.20 Å². The Morgan fingerprint density at radius 2 is 1.85 bits per heavy atom. The van der Waals surface area contributed by atoms with Gasteiger partial charge >= 0.3 is 0 Å². The van der Waals surface area contributed by atoms with E-state index in [2.05, 4.69) is 4.98 Å². The molecule has 0 aliphatic heterocycles. The van der Waals surface area contributed by atoms with E-state index in [1.807, 2.05) is 60.7 Å². The van der Waals surface area contributed by atoms with E-state index >= 15 is 0 Å². The van der Waals surface area contributed by atoms with E-state index in [9.17, 15) is 5.11 Å². The van der Waals surface area contributed by atoms with Gasteiger partial charge in [-0.05, 0) is 35.9 Å². The van der Waals surface area contributed by atoms with Crippen LogP contribution in [0, 0.1) is 0 Å². The number of rotatable bonds is 4. The van der Waals surface area contributed by atoms with Gasteiger partial charge in [-0.1, -0.05) is 30.3 Å². The third-order valence-corrected chi connectivity index (χ3v) is 3.16. The minimum absolute atomic E-state index is 0.232. The van der Waals surface area contributed by atoms with Gasteiger partial charge in [0.1, 0.15) is 18.5 Å². The fourth-order valence-electron chi connectivity index (χ4n) is 2.09. The molecule has 3 heteroatoms. The highest BCUT2D eigenvalue weighted by Crippen LogP contribution is 2.20. The maximum atomic E-state index is 10.2. The van der Waals surface area contributed by atoms with Crippen molar-refractivity contribution in [3.63, 3.8) is 0 Å². The Kier molecular flexibility index (Phi) is 3.61. The summed E-state index contributed by atoms with van der Waals surface area (Å²) in [6, 6.07) is 19.1. The predicted molar refractivity (Wildman–Crippen MR) is 78.6 cm³/mol. The number of benzene rings is 2. The summed E-state index contributed by atoms with van der Waals surface area (Å²) in [5, 5.41) is 11.2. The van der Waals surface area contributed by atoms with E-state index in [4.69, 9.17) is 4.74 Å². The van der Waals surface area contributed by atoms with Gasteiger partial charge < -0.3 is 9.84 Å². The lowest BCUT2D eigenvalue weighted by Crippen LogP contribution is -2.09. The minimum atomic E-state index is -0.653. The normalized spacial score (nSPS) is 12.2. The van der Waals surface area contributed by atoms with Crippen molar-refractivity contribution < 1.29 is 9.84 Å².